The molecule has 0 aromatic heterocycles. The van der Waals surface area contributed by atoms with E-state index in [1.165, 1.54) is 0 Å². The first-order chi connectivity index (χ1) is 4.22. The van der Waals surface area contributed by atoms with Gasteiger partial charge in [0.05, 0.1) is 0 Å². The monoisotopic (exact) mass is 213 g/mol. The van der Waals surface area contributed by atoms with Crippen LogP contribution in [0.3, 0.4) is 0 Å². The number of carboxylic acids is 1. The van der Waals surface area contributed by atoms with E-state index < -0.39 is 18.2 Å². The number of halogens is 2. The summed E-state index contributed by atoms with van der Waals surface area (Å²) in [6.07, 6.45) is -0.890. The minimum Gasteiger partial charge on any atom is -0.480 e. The van der Waals surface area contributed by atoms with Crippen LogP contribution in [0.2, 0.25) is 0 Å². The molecule has 0 spiro atoms. The molecule has 2 atom stereocenters. The molecule has 2 N–H and O–H groups in total. The Morgan fingerprint density at radius 1 is 1.70 bits per heavy atom. The molecular formula is C5H9BrFNO2. The van der Waals surface area contributed by atoms with E-state index in [0.717, 1.165) is 0 Å². The molecule has 0 aromatic carbocycles. The van der Waals surface area contributed by atoms with Crippen molar-refractivity contribution in [2.75, 3.05) is 6.54 Å². The Kier molecular flexibility index (Phi) is 3.81. The van der Waals surface area contributed by atoms with E-state index >= 15 is 0 Å². The molecule has 3 nitrogen and oxygen atoms in total. The molecule has 1 aliphatic rings. The average molecular weight is 214 g/mol. The summed E-state index contributed by atoms with van der Waals surface area (Å²) in [7, 11) is 0. The lowest BCUT2D eigenvalue weighted by Crippen LogP contribution is -2.36. The van der Waals surface area contributed by atoms with Crippen LogP contribution in [0.1, 0.15) is 6.42 Å². The maximum atomic E-state index is 12.4. The third kappa shape index (κ3) is 1.91. The van der Waals surface area contributed by atoms with Crippen molar-refractivity contribution in [1.29, 1.82) is 0 Å². The van der Waals surface area contributed by atoms with Crippen molar-refractivity contribution in [1.82, 2.24) is 5.32 Å². The van der Waals surface area contributed by atoms with Crippen LogP contribution in [0.5, 0.6) is 0 Å². The SMILES string of the molecule is Br.O=C(O)[C@@H]1NCC[C@@H]1F. The number of rotatable bonds is 1. The van der Waals surface area contributed by atoms with Gasteiger partial charge in [-0.05, 0) is 13.0 Å². The Morgan fingerprint density at radius 2 is 2.30 bits per heavy atom. The van der Waals surface area contributed by atoms with E-state index in [9.17, 15) is 9.18 Å². The predicted octanol–water partition coefficient (Wildman–Crippen LogP) is 0.349. The van der Waals surface area contributed by atoms with Gasteiger partial charge in [0.2, 0.25) is 0 Å². The van der Waals surface area contributed by atoms with Gasteiger partial charge in [0.1, 0.15) is 12.2 Å². The molecule has 1 heterocycles. The van der Waals surface area contributed by atoms with Gasteiger partial charge in [-0.3, -0.25) is 4.79 Å². The van der Waals surface area contributed by atoms with Crippen molar-refractivity contribution in [3.8, 4) is 0 Å². The van der Waals surface area contributed by atoms with Gasteiger partial charge in [-0.1, -0.05) is 0 Å². The van der Waals surface area contributed by atoms with Gasteiger partial charge in [0, 0.05) is 0 Å². The molecule has 0 unspecified atom stereocenters. The highest BCUT2D eigenvalue weighted by Gasteiger charge is 2.32. The molecule has 5 heteroatoms. The van der Waals surface area contributed by atoms with E-state index in [0.29, 0.717) is 13.0 Å². The highest BCUT2D eigenvalue weighted by Crippen LogP contribution is 2.10. The second-order valence-electron chi connectivity index (χ2n) is 2.07. The normalized spacial score (nSPS) is 31.3. The summed E-state index contributed by atoms with van der Waals surface area (Å²) in [4.78, 5) is 10.1. The Balaban J connectivity index is 0.000000810. The first kappa shape index (κ1) is 9.84. The van der Waals surface area contributed by atoms with Crippen LogP contribution in [-0.4, -0.2) is 29.8 Å². The van der Waals surface area contributed by atoms with Crippen LogP contribution >= 0.6 is 17.0 Å². The van der Waals surface area contributed by atoms with E-state index in [1.807, 2.05) is 0 Å². The Hall–Kier alpha value is -0.160. The van der Waals surface area contributed by atoms with E-state index in [4.69, 9.17) is 5.11 Å². The van der Waals surface area contributed by atoms with E-state index in [2.05, 4.69) is 5.32 Å². The lowest BCUT2D eigenvalue weighted by molar-refractivity contribution is -0.140. The zero-order valence-corrected chi connectivity index (χ0v) is 6.92. The standard InChI is InChI=1S/C5H8FNO2.BrH/c6-3-1-2-7-4(3)5(8)9;/h3-4,7H,1-2H2,(H,8,9);1H/t3-,4+;/m0./s1. The summed E-state index contributed by atoms with van der Waals surface area (Å²) < 4.78 is 12.4. The highest BCUT2D eigenvalue weighted by atomic mass is 79.9. The molecule has 60 valence electrons. The van der Waals surface area contributed by atoms with Crippen LogP contribution in [0.25, 0.3) is 0 Å². The van der Waals surface area contributed by atoms with Gasteiger partial charge >= 0.3 is 5.97 Å². The molecule has 1 rings (SSSR count). The summed E-state index contributed by atoms with van der Waals surface area (Å²) in [5.74, 6) is -1.10. The fourth-order valence-corrected chi connectivity index (χ4v) is 0.913. The highest BCUT2D eigenvalue weighted by molar-refractivity contribution is 8.93. The van der Waals surface area contributed by atoms with E-state index in [1.54, 1.807) is 0 Å². The summed E-state index contributed by atoms with van der Waals surface area (Å²) in [6, 6.07) is -0.968. The van der Waals surface area contributed by atoms with Gasteiger partial charge in [-0.2, -0.15) is 0 Å². The number of carboxylic acid groups (broad SMARTS) is 1. The third-order valence-electron chi connectivity index (χ3n) is 1.41. The number of hydrogen-bond donors (Lipinski definition) is 2. The molecule has 0 saturated carbocycles. The van der Waals surface area contributed by atoms with Crippen molar-refractivity contribution in [2.24, 2.45) is 0 Å². The van der Waals surface area contributed by atoms with Crippen molar-refractivity contribution in [3.05, 3.63) is 0 Å². The summed E-state index contributed by atoms with van der Waals surface area (Å²) >= 11 is 0. The minimum atomic E-state index is -1.21. The van der Waals surface area contributed by atoms with Gasteiger partial charge in [0.15, 0.2) is 0 Å². The molecule has 1 saturated heterocycles. The molecular weight excluding hydrogens is 205 g/mol. The Morgan fingerprint density at radius 3 is 2.50 bits per heavy atom. The zero-order valence-electron chi connectivity index (χ0n) is 5.21. The second kappa shape index (κ2) is 3.88. The number of aliphatic carboxylic acids is 1. The summed E-state index contributed by atoms with van der Waals surface area (Å²) in [5, 5.41) is 10.8. The van der Waals surface area contributed by atoms with Gasteiger partial charge in [-0.15, -0.1) is 17.0 Å². The van der Waals surface area contributed by atoms with Crippen molar-refractivity contribution < 1.29 is 14.3 Å². The molecule has 0 radical (unpaired) electrons. The number of alkyl halides is 1. The topological polar surface area (TPSA) is 49.3 Å². The van der Waals surface area contributed by atoms with Gasteiger partial charge < -0.3 is 10.4 Å². The van der Waals surface area contributed by atoms with Crippen LogP contribution in [-0.2, 0) is 4.79 Å². The fourth-order valence-electron chi connectivity index (χ4n) is 0.913. The fraction of sp³-hybridized carbons (Fsp3) is 0.800. The summed E-state index contributed by atoms with van der Waals surface area (Å²) in [6.45, 7) is 0.470. The molecule has 1 fully saturated rings. The maximum absolute atomic E-state index is 12.4. The zero-order chi connectivity index (χ0) is 6.85. The number of carbonyl (C=O) groups is 1. The molecule has 0 aromatic rings. The predicted molar refractivity (Wildman–Crippen MR) is 39.3 cm³/mol. The van der Waals surface area contributed by atoms with Crippen molar-refractivity contribution >= 4 is 23.0 Å². The second-order valence-corrected chi connectivity index (χ2v) is 2.07. The van der Waals surface area contributed by atoms with Gasteiger partial charge in [0.25, 0.3) is 0 Å². The van der Waals surface area contributed by atoms with Crippen molar-refractivity contribution in [3.63, 3.8) is 0 Å². The minimum absolute atomic E-state index is 0. The van der Waals surface area contributed by atoms with Crippen LogP contribution < -0.4 is 5.32 Å². The smallest absolute Gasteiger partial charge is 0.323 e. The van der Waals surface area contributed by atoms with E-state index in [-0.39, 0.29) is 17.0 Å². The first-order valence-corrected chi connectivity index (χ1v) is 2.82. The Bertz CT molecular complexity index is 133. The molecule has 0 aliphatic carbocycles. The quantitative estimate of drug-likeness (QED) is 0.662. The molecule has 1 aliphatic heterocycles. The molecule has 0 bridgehead atoms. The average Bonchev–Trinajstić information content (AvgIpc) is 2.13. The number of hydrogen-bond acceptors (Lipinski definition) is 2. The number of nitrogens with one attached hydrogen (secondary N) is 1. The first-order valence-electron chi connectivity index (χ1n) is 2.82. The van der Waals surface area contributed by atoms with Gasteiger partial charge in [-0.25, -0.2) is 4.39 Å². The lowest BCUT2D eigenvalue weighted by atomic mass is 10.2. The Labute approximate surface area is 68.4 Å². The molecule has 0 amide bonds. The molecule has 10 heavy (non-hydrogen) atoms. The van der Waals surface area contributed by atoms with Crippen LogP contribution in [0.4, 0.5) is 4.39 Å². The third-order valence-corrected chi connectivity index (χ3v) is 1.41. The van der Waals surface area contributed by atoms with Crippen LogP contribution in [0.15, 0.2) is 0 Å². The maximum Gasteiger partial charge on any atom is 0.323 e. The summed E-state index contributed by atoms with van der Waals surface area (Å²) in [5.41, 5.74) is 0. The lowest BCUT2D eigenvalue weighted by Gasteiger charge is -2.04. The largest absolute Gasteiger partial charge is 0.480 e. The van der Waals surface area contributed by atoms with Crippen LogP contribution in [0, 0.1) is 0 Å². The van der Waals surface area contributed by atoms with Crippen molar-refractivity contribution in [2.45, 2.75) is 18.6 Å².